The SMILES string of the molecule is O=c1ccc(S(=O)(=O)Nc2ccc3c(c2)OCCO3)c[nH]1. The van der Waals surface area contributed by atoms with Gasteiger partial charge in [-0.3, -0.25) is 9.52 Å². The zero-order chi connectivity index (χ0) is 14.9. The summed E-state index contributed by atoms with van der Waals surface area (Å²) in [4.78, 5) is 13.3. The number of ether oxygens (including phenoxy) is 2. The summed E-state index contributed by atoms with van der Waals surface area (Å²) in [5.74, 6) is 1.07. The highest BCUT2D eigenvalue weighted by atomic mass is 32.2. The maximum Gasteiger partial charge on any atom is 0.263 e. The fourth-order valence-corrected chi connectivity index (χ4v) is 2.90. The molecule has 1 aromatic heterocycles. The van der Waals surface area contributed by atoms with E-state index in [-0.39, 0.29) is 10.5 Å². The first-order chi connectivity index (χ1) is 10.0. The molecular formula is C13H12N2O5S. The molecule has 8 heteroatoms. The molecule has 2 N–H and O–H groups in total. The summed E-state index contributed by atoms with van der Waals surface area (Å²) >= 11 is 0. The minimum atomic E-state index is -3.77. The van der Waals surface area contributed by atoms with E-state index in [1.54, 1.807) is 18.2 Å². The van der Waals surface area contributed by atoms with Gasteiger partial charge < -0.3 is 14.5 Å². The van der Waals surface area contributed by atoms with Crippen molar-refractivity contribution in [2.75, 3.05) is 17.9 Å². The Labute approximate surface area is 120 Å². The van der Waals surface area contributed by atoms with E-state index in [0.29, 0.717) is 30.4 Å². The summed E-state index contributed by atoms with van der Waals surface area (Å²) in [6.45, 7) is 0.887. The van der Waals surface area contributed by atoms with Crippen molar-refractivity contribution >= 4 is 15.7 Å². The fourth-order valence-electron chi connectivity index (χ4n) is 1.88. The van der Waals surface area contributed by atoms with Crippen LogP contribution < -0.4 is 19.8 Å². The Balaban J connectivity index is 1.88. The number of benzene rings is 1. The van der Waals surface area contributed by atoms with Crippen LogP contribution in [0.2, 0.25) is 0 Å². The monoisotopic (exact) mass is 308 g/mol. The number of H-pyrrole nitrogens is 1. The van der Waals surface area contributed by atoms with Gasteiger partial charge >= 0.3 is 0 Å². The number of sulfonamides is 1. The minimum absolute atomic E-state index is 0.0306. The average molecular weight is 308 g/mol. The number of anilines is 1. The zero-order valence-electron chi connectivity index (χ0n) is 10.8. The van der Waals surface area contributed by atoms with E-state index >= 15 is 0 Å². The van der Waals surface area contributed by atoms with Crippen molar-refractivity contribution in [3.8, 4) is 11.5 Å². The lowest BCUT2D eigenvalue weighted by Crippen LogP contribution is -2.17. The van der Waals surface area contributed by atoms with Gasteiger partial charge in [-0.1, -0.05) is 0 Å². The van der Waals surface area contributed by atoms with Crippen LogP contribution in [0.15, 0.2) is 46.2 Å². The van der Waals surface area contributed by atoms with Crippen LogP contribution in [0, 0.1) is 0 Å². The van der Waals surface area contributed by atoms with Crippen LogP contribution in [-0.2, 0) is 10.0 Å². The molecule has 3 rings (SSSR count). The second-order valence-corrected chi connectivity index (χ2v) is 6.03. The summed E-state index contributed by atoms with van der Waals surface area (Å²) in [5, 5.41) is 0. The standard InChI is InChI=1S/C13H12N2O5S/c16-13-4-2-10(8-14-13)21(17,18)15-9-1-3-11-12(7-9)20-6-5-19-11/h1-4,7-8,15H,5-6H2,(H,14,16). The Kier molecular flexibility index (Phi) is 3.30. The van der Waals surface area contributed by atoms with Crippen molar-refractivity contribution in [1.29, 1.82) is 0 Å². The highest BCUT2D eigenvalue weighted by Gasteiger charge is 2.17. The number of aromatic amines is 1. The number of nitrogens with one attached hydrogen (secondary N) is 2. The van der Waals surface area contributed by atoms with E-state index in [9.17, 15) is 13.2 Å². The molecule has 110 valence electrons. The topological polar surface area (TPSA) is 97.5 Å². The van der Waals surface area contributed by atoms with Gasteiger partial charge in [-0.15, -0.1) is 0 Å². The van der Waals surface area contributed by atoms with Crippen molar-refractivity contribution in [1.82, 2.24) is 4.98 Å². The maximum atomic E-state index is 12.2. The van der Waals surface area contributed by atoms with E-state index in [4.69, 9.17) is 9.47 Å². The van der Waals surface area contributed by atoms with E-state index < -0.39 is 10.0 Å². The molecule has 1 aromatic carbocycles. The normalized spacial score (nSPS) is 13.7. The van der Waals surface area contributed by atoms with Crippen LogP contribution in [0.25, 0.3) is 0 Å². The fraction of sp³-hybridized carbons (Fsp3) is 0.154. The van der Waals surface area contributed by atoms with E-state index in [1.807, 2.05) is 0 Å². The molecule has 1 aliphatic heterocycles. The van der Waals surface area contributed by atoms with Gasteiger partial charge in [0, 0.05) is 18.3 Å². The molecule has 0 amide bonds. The zero-order valence-corrected chi connectivity index (χ0v) is 11.6. The molecule has 0 spiro atoms. The largest absolute Gasteiger partial charge is 0.486 e. The van der Waals surface area contributed by atoms with Crippen molar-refractivity contribution < 1.29 is 17.9 Å². The summed E-state index contributed by atoms with van der Waals surface area (Å²) < 4.78 is 37.5. The Morgan fingerprint density at radius 3 is 2.52 bits per heavy atom. The molecule has 0 saturated carbocycles. The molecule has 0 fully saturated rings. The number of hydrogen-bond acceptors (Lipinski definition) is 5. The Morgan fingerprint density at radius 1 is 1.05 bits per heavy atom. The summed E-state index contributed by atoms with van der Waals surface area (Å²) in [6, 6.07) is 7.16. The van der Waals surface area contributed by atoms with Gasteiger partial charge in [0.2, 0.25) is 5.56 Å². The third-order valence-electron chi connectivity index (χ3n) is 2.86. The van der Waals surface area contributed by atoms with Gasteiger partial charge in [0.1, 0.15) is 18.1 Å². The summed E-state index contributed by atoms with van der Waals surface area (Å²) in [5.41, 5.74) is -0.0151. The smallest absolute Gasteiger partial charge is 0.263 e. The van der Waals surface area contributed by atoms with Crippen LogP contribution in [-0.4, -0.2) is 26.6 Å². The molecule has 0 bridgehead atoms. The van der Waals surface area contributed by atoms with Crippen LogP contribution >= 0.6 is 0 Å². The predicted molar refractivity (Wildman–Crippen MR) is 75.3 cm³/mol. The Hall–Kier alpha value is -2.48. The van der Waals surface area contributed by atoms with Crippen LogP contribution in [0.5, 0.6) is 11.5 Å². The summed E-state index contributed by atoms with van der Waals surface area (Å²) in [6.07, 6.45) is 1.14. The molecule has 21 heavy (non-hydrogen) atoms. The van der Waals surface area contributed by atoms with Crippen LogP contribution in [0.3, 0.4) is 0 Å². The predicted octanol–water partition coefficient (Wildman–Crippen LogP) is 0.947. The number of fused-ring (bicyclic) bond motifs is 1. The van der Waals surface area contributed by atoms with E-state index in [0.717, 1.165) is 12.3 Å². The van der Waals surface area contributed by atoms with Crippen molar-refractivity contribution in [3.63, 3.8) is 0 Å². The first-order valence-corrected chi connectivity index (χ1v) is 7.64. The molecule has 0 aliphatic carbocycles. The molecule has 7 nitrogen and oxygen atoms in total. The third-order valence-corrected chi connectivity index (χ3v) is 4.24. The Morgan fingerprint density at radius 2 is 1.81 bits per heavy atom. The number of pyridine rings is 1. The number of aromatic nitrogens is 1. The highest BCUT2D eigenvalue weighted by molar-refractivity contribution is 7.92. The lowest BCUT2D eigenvalue weighted by Gasteiger charge is -2.19. The first kappa shape index (κ1) is 13.5. The first-order valence-electron chi connectivity index (χ1n) is 6.16. The van der Waals surface area contributed by atoms with Gasteiger partial charge in [-0.2, -0.15) is 0 Å². The average Bonchev–Trinajstić information content (AvgIpc) is 2.47. The quantitative estimate of drug-likeness (QED) is 0.879. The lowest BCUT2D eigenvalue weighted by atomic mass is 10.3. The molecule has 0 radical (unpaired) electrons. The van der Waals surface area contributed by atoms with Crippen LogP contribution in [0.4, 0.5) is 5.69 Å². The van der Waals surface area contributed by atoms with Gasteiger partial charge in [0.25, 0.3) is 10.0 Å². The number of rotatable bonds is 3. The van der Waals surface area contributed by atoms with Gasteiger partial charge in [-0.05, 0) is 18.2 Å². The lowest BCUT2D eigenvalue weighted by molar-refractivity contribution is 0.171. The summed E-state index contributed by atoms with van der Waals surface area (Å²) in [7, 11) is -3.77. The van der Waals surface area contributed by atoms with Gasteiger partial charge in [0.05, 0.1) is 5.69 Å². The second-order valence-electron chi connectivity index (χ2n) is 4.35. The minimum Gasteiger partial charge on any atom is -0.486 e. The van der Waals surface area contributed by atoms with Crippen LogP contribution in [0.1, 0.15) is 0 Å². The molecule has 0 unspecified atom stereocenters. The van der Waals surface area contributed by atoms with E-state index in [1.165, 1.54) is 6.07 Å². The highest BCUT2D eigenvalue weighted by Crippen LogP contribution is 2.33. The van der Waals surface area contributed by atoms with E-state index in [2.05, 4.69) is 9.71 Å². The van der Waals surface area contributed by atoms with Crippen molar-refractivity contribution in [2.45, 2.75) is 4.90 Å². The second kappa shape index (κ2) is 5.13. The van der Waals surface area contributed by atoms with Crippen molar-refractivity contribution in [2.24, 2.45) is 0 Å². The molecule has 2 aromatic rings. The van der Waals surface area contributed by atoms with Gasteiger partial charge in [-0.25, -0.2) is 8.42 Å². The number of hydrogen-bond donors (Lipinski definition) is 2. The molecule has 1 aliphatic rings. The molecule has 0 saturated heterocycles. The van der Waals surface area contributed by atoms with Crippen molar-refractivity contribution in [3.05, 3.63) is 46.9 Å². The maximum absolute atomic E-state index is 12.2. The van der Waals surface area contributed by atoms with Gasteiger partial charge in [0.15, 0.2) is 11.5 Å². The Bertz CT molecular complexity index is 808. The third kappa shape index (κ3) is 2.84. The molecular weight excluding hydrogens is 296 g/mol. The molecule has 2 heterocycles. The molecule has 0 atom stereocenters.